The molecule has 0 spiro atoms. The number of carbonyl (C=O) groups is 2. The number of H-pyrrole nitrogens is 1. The Bertz CT molecular complexity index is 2430. The van der Waals surface area contributed by atoms with Gasteiger partial charge in [0.2, 0.25) is 0 Å². The van der Waals surface area contributed by atoms with E-state index < -0.39 is 11.6 Å². The zero-order valence-corrected chi connectivity index (χ0v) is 35.3. The zero-order chi connectivity index (χ0) is 42.2. The predicted molar refractivity (Wildman–Crippen MR) is 235 cm³/mol. The van der Waals surface area contributed by atoms with Crippen molar-refractivity contribution in [2.24, 2.45) is 7.05 Å². The number of carbonyl (C=O) groups excluding carboxylic acids is 2. The lowest BCUT2D eigenvalue weighted by Gasteiger charge is -2.36. The quantitative estimate of drug-likeness (QED) is 0.0579. The number of nitrogens with one attached hydrogen (secondary N) is 1. The van der Waals surface area contributed by atoms with Crippen LogP contribution in [0.2, 0.25) is 0 Å². The fraction of sp³-hybridized carbons (Fsp3) is 0.354. The highest BCUT2D eigenvalue weighted by Crippen LogP contribution is 2.37. The summed E-state index contributed by atoms with van der Waals surface area (Å²) in [5.41, 5.74) is 5.98. The smallest absolute Gasteiger partial charge is 0.410 e. The number of esters is 1. The summed E-state index contributed by atoms with van der Waals surface area (Å²) in [6.45, 7) is 15.4. The molecule has 0 unspecified atom stereocenters. The van der Waals surface area contributed by atoms with E-state index in [9.17, 15) is 9.59 Å². The highest BCUT2D eigenvalue weighted by molar-refractivity contribution is 6.04. The van der Waals surface area contributed by atoms with Gasteiger partial charge in [0.05, 0.1) is 37.6 Å². The average molecular weight is 814 g/mol. The maximum Gasteiger partial charge on any atom is 0.410 e. The average Bonchev–Trinajstić information content (AvgIpc) is 3.78. The number of rotatable bonds is 16. The van der Waals surface area contributed by atoms with Crippen molar-refractivity contribution in [2.75, 3.05) is 50.9 Å². The number of aromatic amines is 1. The van der Waals surface area contributed by atoms with Crippen molar-refractivity contribution in [2.45, 2.75) is 59.4 Å². The number of para-hydroxylation sites is 1. The van der Waals surface area contributed by atoms with Gasteiger partial charge in [0.25, 0.3) is 0 Å². The number of benzene rings is 4. The number of hydrogen-bond acceptors (Lipinski definition) is 9. The van der Waals surface area contributed by atoms with E-state index in [4.69, 9.17) is 28.8 Å². The first-order valence-corrected chi connectivity index (χ1v) is 20.6. The van der Waals surface area contributed by atoms with Crippen LogP contribution in [0, 0.1) is 0 Å². The number of aromatic nitrogens is 3. The normalized spacial score (nSPS) is 13.2. The third-order valence-electron chi connectivity index (χ3n) is 10.5. The number of amides is 1. The molecule has 0 aliphatic carbocycles. The van der Waals surface area contributed by atoms with Gasteiger partial charge in [-0.05, 0) is 81.8 Å². The highest BCUT2D eigenvalue weighted by Gasteiger charge is 2.27. The lowest BCUT2D eigenvalue weighted by molar-refractivity contribution is 0.0240. The minimum Gasteiger partial charge on any atom is -0.493 e. The van der Waals surface area contributed by atoms with Crippen molar-refractivity contribution in [1.29, 1.82) is 0 Å². The molecule has 7 rings (SSSR count). The number of nitrogens with zero attached hydrogens (tertiary/aromatic N) is 4. The Morgan fingerprint density at radius 1 is 0.883 bits per heavy atom. The Morgan fingerprint density at radius 3 is 2.37 bits per heavy atom. The molecule has 3 heterocycles. The molecule has 314 valence electrons. The summed E-state index contributed by atoms with van der Waals surface area (Å²) in [6, 6.07) is 28.3. The van der Waals surface area contributed by atoms with Crippen LogP contribution < -0.4 is 14.4 Å². The molecule has 0 atom stereocenters. The Kier molecular flexibility index (Phi) is 13.1. The fourth-order valence-electron chi connectivity index (χ4n) is 7.69. The molecule has 0 bridgehead atoms. The molecule has 60 heavy (non-hydrogen) atoms. The van der Waals surface area contributed by atoms with E-state index in [0.717, 1.165) is 61.2 Å². The Labute approximate surface area is 351 Å². The second-order valence-electron chi connectivity index (χ2n) is 15.8. The van der Waals surface area contributed by atoms with Crippen molar-refractivity contribution in [3.05, 3.63) is 120 Å². The standard InChI is InChI=1S/C48H55N5O7/c1-7-29-56-32-41-43(40(50-51(41)6)31-59-35-23-21-34(22-24-35)52-25-27-53(28-26-52)47(55)60-48(3,4)5)39-18-12-17-37-38(45(49-44(37)39)46(54)57-8-2)19-13-30-58-42-20-11-15-33-14-9-10-16-36(33)42/h7,9-12,14-18,20-24,49H,1,8,13,19,25-32H2,2-6H3. The molecule has 12 heteroatoms. The summed E-state index contributed by atoms with van der Waals surface area (Å²) >= 11 is 0. The first-order valence-electron chi connectivity index (χ1n) is 20.6. The summed E-state index contributed by atoms with van der Waals surface area (Å²) < 4.78 is 31.6. The van der Waals surface area contributed by atoms with Crippen LogP contribution in [-0.4, -0.2) is 83.3 Å². The second kappa shape index (κ2) is 18.8. The monoisotopic (exact) mass is 813 g/mol. The predicted octanol–water partition coefficient (Wildman–Crippen LogP) is 9.25. The maximum atomic E-state index is 13.5. The molecule has 4 aromatic carbocycles. The van der Waals surface area contributed by atoms with Crippen LogP contribution in [0.15, 0.2) is 97.6 Å². The van der Waals surface area contributed by atoms with Gasteiger partial charge in [-0.2, -0.15) is 5.10 Å². The van der Waals surface area contributed by atoms with Gasteiger partial charge >= 0.3 is 12.1 Å². The van der Waals surface area contributed by atoms with Crippen molar-refractivity contribution < 1.29 is 33.3 Å². The number of aryl methyl sites for hydroxylation is 2. The Morgan fingerprint density at radius 2 is 1.62 bits per heavy atom. The number of anilines is 1. The van der Waals surface area contributed by atoms with Crippen LogP contribution in [0.1, 0.15) is 61.6 Å². The Hall–Kier alpha value is -6.27. The lowest BCUT2D eigenvalue weighted by atomic mass is 9.98. The van der Waals surface area contributed by atoms with Crippen LogP contribution in [0.25, 0.3) is 32.8 Å². The summed E-state index contributed by atoms with van der Waals surface area (Å²) in [5.74, 6) is 1.13. The fourth-order valence-corrected chi connectivity index (χ4v) is 7.69. The van der Waals surface area contributed by atoms with E-state index in [-0.39, 0.29) is 19.3 Å². The maximum absolute atomic E-state index is 13.5. The first-order chi connectivity index (χ1) is 29.0. The third-order valence-corrected chi connectivity index (χ3v) is 10.5. The van der Waals surface area contributed by atoms with Gasteiger partial charge in [0.15, 0.2) is 0 Å². The summed E-state index contributed by atoms with van der Waals surface area (Å²) in [5, 5.41) is 8.06. The van der Waals surface area contributed by atoms with E-state index in [1.165, 1.54) is 0 Å². The van der Waals surface area contributed by atoms with Crippen molar-refractivity contribution >= 4 is 39.4 Å². The number of ether oxygens (including phenoxy) is 5. The SMILES string of the molecule is C=CCOCc1c(-c2cccc3c(CCCOc4cccc5ccccc45)c(C(=O)OCC)[nH]c23)c(COc2ccc(N3CCN(C(=O)OC(C)(C)C)CC3)cc2)nn1C. The molecule has 2 aromatic heterocycles. The van der Waals surface area contributed by atoms with Gasteiger partial charge in [0, 0.05) is 60.8 Å². The largest absolute Gasteiger partial charge is 0.493 e. The van der Waals surface area contributed by atoms with E-state index >= 15 is 0 Å². The Balaban J connectivity index is 1.12. The van der Waals surface area contributed by atoms with E-state index in [2.05, 4.69) is 34.7 Å². The van der Waals surface area contributed by atoms with E-state index in [0.29, 0.717) is 70.3 Å². The molecular formula is C48H55N5O7. The van der Waals surface area contributed by atoms with Crippen molar-refractivity contribution in [1.82, 2.24) is 19.7 Å². The van der Waals surface area contributed by atoms with Gasteiger partial charge in [-0.3, -0.25) is 4.68 Å². The van der Waals surface area contributed by atoms with Gasteiger partial charge in [0.1, 0.15) is 35.1 Å². The first kappa shape index (κ1) is 41.9. The second-order valence-corrected chi connectivity index (χ2v) is 15.8. The summed E-state index contributed by atoms with van der Waals surface area (Å²) in [4.78, 5) is 33.6. The molecule has 12 nitrogen and oxygen atoms in total. The minimum absolute atomic E-state index is 0.193. The van der Waals surface area contributed by atoms with Crippen LogP contribution in [0.3, 0.4) is 0 Å². The lowest BCUT2D eigenvalue weighted by Crippen LogP contribution is -2.50. The van der Waals surface area contributed by atoms with Gasteiger partial charge in [-0.25, -0.2) is 9.59 Å². The van der Waals surface area contributed by atoms with Gasteiger partial charge in [-0.1, -0.05) is 60.7 Å². The van der Waals surface area contributed by atoms with E-state index in [1.54, 1.807) is 11.0 Å². The molecule has 0 radical (unpaired) electrons. The molecule has 1 aliphatic heterocycles. The topological polar surface area (TPSA) is 120 Å². The summed E-state index contributed by atoms with van der Waals surface area (Å²) in [7, 11) is 1.90. The van der Waals surface area contributed by atoms with Crippen molar-refractivity contribution in [3.63, 3.8) is 0 Å². The van der Waals surface area contributed by atoms with Crippen molar-refractivity contribution in [3.8, 4) is 22.6 Å². The van der Waals surface area contributed by atoms with E-state index in [1.807, 2.05) is 106 Å². The number of piperazine rings is 1. The molecule has 6 aromatic rings. The van der Waals surface area contributed by atoms with Gasteiger partial charge in [-0.15, -0.1) is 6.58 Å². The molecular weight excluding hydrogens is 759 g/mol. The highest BCUT2D eigenvalue weighted by atomic mass is 16.6. The van der Waals surface area contributed by atoms with Crippen LogP contribution >= 0.6 is 0 Å². The number of fused-ring (bicyclic) bond motifs is 2. The molecule has 1 aliphatic rings. The summed E-state index contributed by atoms with van der Waals surface area (Å²) in [6.07, 6.45) is 2.72. The molecule has 1 saturated heterocycles. The number of hydrogen-bond donors (Lipinski definition) is 1. The minimum atomic E-state index is -0.525. The van der Waals surface area contributed by atoms with Gasteiger partial charge < -0.3 is 38.5 Å². The zero-order valence-electron chi connectivity index (χ0n) is 35.3. The van der Waals surface area contributed by atoms with Crippen LogP contribution in [0.5, 0.6) is 11.5 Å². The third kappa shape index (κ3) is 9.61. The molecule has 1 fully saturated rings. The van der Waals surface area contributed by atoms with Crippen LogP contribution in [0.4, 0.5) is 10.5 Å². The molecule has 1 N–H and O–H groups in total. The van der Waals surface area contributed by atoms with Crippen LogP contribution in [-0.2, 0) is 40.9 Å². The molecule has 0 saturated carbocycles. The molecule has 1 amide bonds.